The van der Waals surface area contributed by atoms with Crippen LogP contribution in [0.1, 0.15) is 140 Å². The Morgan fingerprint density at radius 3 is 1.91 bits per heavy atom. The number of rotatable bonds is 3. The summed E-state index contributed by atoms with van der Waals surface area (Å²) >= 11 is 0. The van der Waals surface area contributed by atoms with Crippen LogP contribution in [-0.2, 0) is 21.7 Å². The second kappa shape index (κ2) is 14.3. The number of hydrogen-bond donors (Lipinski definition) is 0. The molecule has 0 saturated heterocycles. The molecule has 0 bridgehead atoms. The zero-order valence-electron chi connectivity index (χ0n) is 41.5. The Hall–Kier alpha value is -5.46. The second-order valence-corrected chi connectivity index (χ2v) is 24.6. The van der Waals surface area contributed by atoms with E-state index in [1.54, 1.807) is 61.3 Å². The highest BCUT2D eigenvalue weighted by Crippen LogP contribution is 2.61. The third kappa shape index (κ3) is 5.96. The summed E-state index contributed by atoms with van der Waals surface area (Å²) in [6, 6.07) is 25.8. The molecule has 13 rings (SSSR count). The van der Waals surface area contributed by atoms with Crippen LogP contribution in [0.2, 0.25) is 0 Å². The summed E-state index contributed by atoms with van der Waals surface area (Å²) in [6.07, 6.45) is 37.7. The van der Waals surface area contributed by atoms with Crippen molar-refractivity contribution in [2.24, 2.45) is 35.5 Å². The standard InChI is InChI=1S/C67H68/c1-64(2,3)43-26-31-52-51-28-23-40(33-60(51)67(8,9)63(52)36-43)39-22-27-46-54(42-25-30-50-48-19-13-15-21-59(48)66(6,7)62(50)35-42)37-56-45-17-11-10-16-44(45)53(38-57(56)55(46)32-39)41-24-29-49-47-18-12-14-20-58(47)65(4,5)61(49)34-41/h10-16,18-21,23-26,28-32,36-38,41-42,45,56-57,60H,17,22,27,33-35H2,1-9H3. The minimum Gasteiger partial charge on any atom is -0.0839 e. The van der Waals surface area contributed by atoms with Crippen molar-refractivity contribution < 1.29 is 0 Å². The highest BCUT2D eigenvalue weighted by atomic mass is 14.5. The van der Waals surface area contributed by atoms with Gasteiger partial charge in [-0.3, -0.25) is 0 Å². The molecule has 0 radical (unpaired) electrons. The van der Waals surface area contributed by atoms with Gasteiger partial charge in [-0.1, -0.05) is 213 Å². The molecule has 10 aliphatic rings. The average molecular weight is 873 g/mol. The van der Waals surface area contributed by atoms with E-state index in [-0.39, 0.29) is 21.7 Å². The predicted octanol–water partition coefficient (Wildman–Crippen LogP) is 16.9. The molecule has 0 nitrogen and oxygen atoms in total. The lowest BCUT2D eigenvalue weighted by Crippen LogP contribution is -2.35. The molecule has 0 aliphatic heterocycles. The van der Waals surface area contributed by atoms with Gasteiger partial charge >= 0.3 is 0 Å². The summed E-state index contributed by atoms with van der Waals surface area (Å²) in [4.78, 5) is 0. The van der Waals surface area contributed by atoms with Crippen molar-refractivity contribution >= 4 is 16.7 Å². The van der Waals surface area contributed by atoms with E-state index >= 15 is 0 Å². The van der Waals surface area contributed by atoms with Crippen molar-refractivity contribution in [1.29, 1.82) is 0 Å². The van der Waals surface area contributed by atoms with Crippen molar-refractivity contribution in [3.05, 3.63) is 229 Å². The largest absolute Gasteiger partial charge is 0.0839 e. The van der Waals surface area contributed by atoms with E-state index in [0.29, 0.717) is 35.5 Å². The number of allylic oxidation sites excluding steroid dienone is 24. The van der Waals surface area contributed by atoms with Crippen LogP contribution in [0.15, 0.2) is 190 Å². The Balaban J connectivity index is 0.912. The average Bonchev–Trinajstić information content (AvgIpc) is 3.81. The van der Waals surface area contributed by atoms with Crippen molar-refractivity contribution in [2.45, 2.75) is 122 Å². The maximum absolute atomic E-state index is 2.84. The first-order chi connectivity index (χ1) is 32.1. The lowest BCUT2D eigenvalue weighted by Gasteiger charge is -2.46. The third-order valence-electron chi connectivity index (χ3n) is 19.2. The molecule has 0 spiro atoms. The summed E-state index contributed by atoms with van der Waals surface area (Å²) in [5.74, 6) is 2.52. The van der Waals surface area contributed by atoms with Crippen LogP contribution in [0.4, 0.5) is 0 Å². The Bertz CT molecular complexity index is 3140. The molecule has 336 valence electrons. The molecule has 10 aliphatic carbocycles. The van der Waals surface area contributed by atoms with Crippen LogP contribution in [0.5, 0.6) is 0 Å². The van der Waals surface area contributed by atoms with E-state index in [0.717, 1.165) is 38.5 Å². The number of hydrogen-bond acceptors (Lipinski definition) is 0. The fourth-order valence-corrected chi connectivity index (χ4v) is 15.3. The molecule has 0 N–H and O–H groups in total. The van der Waals surface area contributed by atoms with E-state index in [4.69, 9.17) is 0 Å². The molecule has 0 saturated carbocycles. The first-order valence-corrected chi connectivity index (χ1v) is 25.9. The smallest absolute Gasteiger partial charge is 0.0121 e. The predicted molar refractivity (Wildman–Crippen MR) is 282 cm³/mol. The van der Waals surface area contributed by atoms with E-state index in [1.165, 1.54) is 44.5 Å². The van der Waals surface area contributed by atoms with Gasteiger partial charge in [0.1, 0.15) is 0 Å². The van der Waals surface area contributed by atoms with Gasteiger partial charge in [0.05, 0.1) is 0 Å². The Morgan fingerprint density at radius 1 is 0.582 bits per heavy atom. The van der Waals surface area contributed by atoms with E-state index in [1.807, 2.05) is 0 Å². The summed E-state index contributed by atoms with van der Waals surface area (Å²) < 4.78 is 0. The molecule has 3 aromatic carbocycles. The zero-order valence-corrected chi connectivity index (χ0v) is 41.5. The second-order valence-electron chi connectivity index (χ2n) is 24.6. The van der Waals surface area contributed by atoms with Crippen molar-refractivity contribution in [3.8, 4) is 0 Å². The zero-order chi connectivity index (χ0) is 45.9. The Morgan fingerprint density at radius 2 is 1.24 bits per heavy atom. The first-order valence-electron chi connectivity index (χ1n) is 25.9. The summed E-state index contributed by atoms with van der Waals surface area (Å²) in [5.41, 5.74) is 29.6. The van der Waals surface area contributed by atoms with Gasteiger partial charge in [0.25, 0.3) is 0 Å². The maximum atomic E-state index is 2.84. The normalized spacial score (nSPS) is 29.7. The van der Waals surface area contributed by atoms with E-state index < -0.39 is 0 Å². The highest BCUT2D eigenvalue weighted by Gasteiger charge is 2.48. The van der Waals surface area contributed by atoms with Crippen LogP contribution in [0.25, 0.3) is 16.7 Å². The third-order valence-corrected chi connectivity index (χ3v) is 19.2. The molecule has 6 atom stereocenters. The van der Waals surface area contributed by atoms with Crippen molar-refractivity contribution in [1.82, 2.24) is 0 Å². The first kappa shape index (κ1) is 41.7. The molecule has 3 aromatic rings. The van der Waals surface area contributed by atoms with Gasteiger partial charge in [-0.25, -0.2) is 0 Å². The van der Waals surface area contributed by atoms with Gasteiger partial charge in [0.2, 0.25) is 0 Å². The minimum absolute atomic E-state index is 0.0377. The van der Waals surface area contributed by atoms with Gasteiger partial charge < -0.3 is 0 Å². The minimum atomic E-state index is 0.0377. The van der Waals surface area contributed by atoms with Crippen LogP contribution < -0.4 is 0 Å². The van der Waals surface area contributed by atoms with Gasteiger partial charge in [-0.2, -0.15) is 0 Å². The molecule has 6 unspecified atom stereocenters. The molecule has 0 aromatic heterocycles. The van der Waals surface area contributed by atoms with Crippen LogP contribution in [0.3, 0.4) is 0 Å². The molecule has 67 heavy (non-hydrogen) atoms. The topological polar surface area (TPSA) is 0 Å². The lowest BCUT2D eigenvalue weighted by atomic mass is 9.57. The Labute approximate surface area is 401 Å². The molecule has 0 amide bonds. The Kier molecular flexibility index (Phi) is 8.90. The van der Waals surface area contributed by atoms with Crippen LogP contribution in [0, 0.1) is 35.5 Å². The summed E-state index contributed by atoms with van der Waals surface area (Å²) in [5, 5.41) is 0. The van der Waals surface area contributed by atoms with Crippen molar-refractivity contribution in [2.75, 3.05) is 0 Å². The van der Waals surface area contributed by atoms with Gasteiger partial charge in [-0.05, 0) is 162 Å². The number of fused-ring (bicyclic) bond motifs is 11. The summed E-state index contributed by atoms with van der Waals surface area (Å²) in [7, 11) is 0. The van der Waals surface area contributed by atoms with Gasteiger partial charge in [-0.15, -0.1) is 0 Å². The lowest BCUT2D eigenvalue weighted by molar-refractivity contribution is 0.359. The summed E-state index contributed by atoms with van der Waals surface area (Å²) in [6.45, 7) is 22.0. The SMILES string of the molecule is CC(C)(C)c1ccc2c(c1)C(C)(C)C1CC(C3=CC4=C(CC3)C(C3C=CC5=C(C3)C(C)(C)c3ccccc35)=CC3C4C=C(C4C=CC5=C(C4)C(C)(C)c4ccccc45)C4=CC=CCC43)=CC=C21. The molecule has 0 fully saturated rings. The van der Waals surface area contributed by atoms with Crippen molar-refractivity contribution in [3.63, 3.8) is 0 Å². The van der Waals surface area contributed by atoms with Crippen LogP contribution >= 0.6 is 0 Å². The van der Waals surface area contributed by atoms with E-state index in [2.05, 4.69) is 202 Å². The monoisotopic (exact) mass is 873 g/mol. The molecule has 0 heteroatoms. The fraction of sp³-hybridized carbons (Fsp3) is 0.373. The highest BCUT2D eigenvalue weighted by molar-refractivity contribution is 5.88. The fourth-order valence-electron chi connectivity index (χ4n) is 15.3. The molecular formula is C67H68. The van der Waals surface area contributed by atoms with E-state index in [9.17, 15) is 0 Å². The molecule has 0 heterocycles. The molecular weight excluding hydrogens is 805 g/mol. The quantitative estimate of drug-likeness (QED) is 0.246. The maximum Gasteiger partial charge on any atom is 0.0121 e. The van der Waals surface area contributed by atoms with Gasteiger partial charge in [0.15, 0.2) is 0 Å². The van der Waals surface area contributed by atoms with Gasteiger partial charge in [0, 0.05) is 28.6 Å². The van der Waals surface area contributed by atoms with Crippen LogP contribution in [-0.4, -0.2) is 0 Å². The number of benzene rings is 3.